The van der Waals surface area contributed by atoms with Gasteiger partial charge in [-0.05, 0) is 22.4 Å². The van der Waals surface area contributed by atoms with Crippen LogP contribution in [0, 0.1) is 0 Å². The molecule has 0 spiro atoms. The number of nitrogens with zero attached hydrogens (tertiary/aromatic N) is 3. The molecule has 2 heterocycles. The van der Waals surface area contributed by atoms with Crippen LogP contribution in [-0.2, 0) is 13.2 Å². The van der Waals surface area contributed by atoms with E-state index in [2.05, 4.69) is 27.8 Å². The molecule has 1 N–H and O–H groups in total. The molecule has 86 valence electrons. The number of aromatic nitrogens is 3. The van der Waals surface area contributed by atoms with Gasteiger partial charge in [-0.3, -0.25) is 0 Å². The molecular formula is C12H11N3OS. The Hall–Kier alpha value is -1.72. The Balaban J connectivity index is 1.94. The lowest BCUT2D eigenvalue weighted by atomic mass is 10.2. The van der Waals surface area contributed by atoms with Crippen molar-refractivity contribution < 1.29 is 5.11 Å². The Morgan fingerprint density at radius 3 is 3.00 bits per heavy atom. The number of hydrogen-bond acceptors (Lipinski definition) is 4. The Bertz CT molecular complexity index is 644. The number of fused-ring (bicyclic) bond motifs is 1. The van der Waals surface area contributed by atoms with Gasteiger partial charge in [-0.2, -0.15) is 0 Å². The first kappa shape index (κ1) is 10.4. The molecule has 2 aromatic heterocycles. The molecule has 0 amide bonds. The van der Waals surface area contributed by atoms with Gasteiger partial charge in [-0.15, -0.1) is 16.4 Å². The van der Waals surface area contributed by atoms with Crippen molar-refractivity contribution in [3.05, 3.63) is 47.1 Å². The summed E-state index contributed by atoms with van der Waals surface area (Å²) in [6, 6.07) is 8.32. The fourth-order valence-corrected chi connectivity index (χ4v) is 2.77. The van der Waals surface area contributed by atoms with Crippen molar-refractivity contribution in [3.63, 3.8) is 0 Å². The highest BCUT2D eigenvalue weighted by atomic mass is 32.1. The number of rotatable bonds is 3. The van der Waals surface area contributed by atoms with E-state index in [-0.39, 0.29) is 6.61 Å². The van der Waals surface area contributed by atoms with Crippen molar-refractivity contribution in [2.45, 2.75) is 13.2 Å². The van der Waals surface area contributed by atoms with Gasteiger partial charge in [0, 0.05) is 4.70 Å². The minimum absolute atomic E-state index is 0.0651. The number of hydrogen-bond donors (Lipinski definition) is 1. The zero-order chi connectivity index (χ0) is 11.7. The van der Waals surface area contributed by atoms with Crippen molar-refractivity contribution in [1.29, 1.82) is 0 Å². The second-order valence-electron chi connectivity index (χ2n) is 3.82. The first-order chi connectivity index (χ1) is 8.36. The maximum absolute atomic E-state index is 8.94. The summed E-state index contributed by atoms with van der Waals surface area (Å²) >= 11 is 1.73. The molecule has 0 fully saturated rings. The molecule has 17 heavy (non-hydrogen) atoms. The molecule has 3 aromatic rings. The van der Waals surface area contributed by atoms with E-state index in [1.54, 1.807) is 22.2 Å². The lowest BCUT2D eigenvalue weighted by Crippen LogP contribution is -1.99. The second kappa shape index (κ2) is 4.27. The molecule has 0 bridgehead atoms. The third-order valence-corrected chi connectivity index (χ3v) is 3.65. The van der Waals surface area contributed by atoms with Crippen LogP contribution in [0.4, 0.5) is 0 Å². The molecule has 0 atom stereocenters. The summed E-state index contributed by atoms with van der Waals surface area (Å²) in [6.45, 7) is 0.626. The van der Waals surface area contributed by atoms with Crippen molar-refractivity contribution in [2.24, 2.45) is 0 Å². The molecule has 0 saturated heterocycles. The summed E-state index contributed by atoms with van der Waals surface area (Å²) < 4.78 is 3.03. The first-order valence-corrected chi connectivity index (χ1v) is 6.20. The molecule has 0 aliphatic rings. The molecule has 4 nitrogen and oxygen atoms in total. The molecule has 0 saturated carbocycles. The molecular weight excluding hydrogens is 234 g/mol. The van der Waals surface area contributed by atoms with Crippen LogP contribution < -0.4 is 0 Å². The highest BCUT2D eigenvalue weighted by molar-refractivity contribution is 7.17. The van der Waals surface area contributed by atoms with Crippen LogP contribution in [0.5, 0.6) is 0 Å². The highest BCUT2D eigenvalue weighted by Crippen LogP contribution is 2.25. The van der Waals surface area contributed by atoms with Crippen LogP contribution in [0.25, 0.3) is 10.1 Å². The molecule has 1 aromatic carbocycles. The fraction of sp³-hybridized carbons (Fsp3) is 0.167. The van der Waals surface area contributed by atoms with E-state index < -0.39 is 0 Å². The summed E-state index contributed by atoms with van der Waals surface area (Å²) in [7, 11) is 0. The van der Waals surface area contributed by atoms with Gasteiger partial charge in [-0.1, -0.05) is 23.4 Å². The molecule has 0 radical (unpaired) electrons. The summed E-state index contributed by atoms with van der Waals surface area (Å²) in [5, 5.41) is 20.2. The number of aliphatic hydroxyl groups is 1. The molecule has 5 heteroatoms. The highest BCUT2D eigenvalue weighted by Gasteiger charge is 2.05. The quantitative estimate of drug-likeness (QED) is 0.768. The largest absolute Gasteiger partial charge is 0.390 e. The van der Waals surface area contributed by atoms with Crippen LogP contribution >= 0.6 is 11.3 Å². The third kappa shape index (κ3) is 1.94. The zero-order valence-electron chi connectivity index (χ0n) is 9.08. The lowest BCUT2D eigenvalue weighted by Gasteiger charge is -1.98. The van der Waals surface area contributed by atoms with Gasteiger partial charge >= 0.3 is 0 Å². The van der Waals surface area contributed by atoms with E-state index in [0.29, 0.717) is 12.2 Å². The second-order valence-corrected chi connectivity index (χ2v) is 4.73. The zero-order valence-corrected chi connectivity index (χ0v) is 9.89. The Morgan fingerprint density at radius 2 is 2.18 bits per heavy atom. The third-order valence-electron chi connectivity index (χ3n) is 2.64. The topological polar surface area (TPSA) is 50.9 Å². The van der Waals surface area contributed by atoms with Crippen molar-refractivity contribution in [2.75, 3.05) is 0 Å². The van der Waals surface area contributed by atoms with Crippen molar-refractivity contribution in [3.8, 4) is 0 Å². The van der Waals surface area contributed by atoms with E-state index in [9.17, 15) is 0 Å². The standard InChI is InChI=1S/C12H11N3OS/c16-7-10-6-15(14-13-10)5-9-8-17-12-4-2-1-3-11(9)12/h1-4,6,8,16H,5,7H2. The van der Waals surface area contributed by atoms with E-state index in [1.807, 2.05) is 12.1 Å². The summed E-state index contributed by atoms with van der Waals surface area (Å²) in [6.07, 6.45) is 1.77. The average molecular weight is 245 g/mol. The molecule has 3 rings (SSSR count). The van der Waals surface area contributed by atoms with E-state index in [4.69, 9.17) is 5.11 Å². The fourth-order valence-electron chi connectivity index (χ4n) is 1.82. The minimum Gasteiger partial charge on any atom is -0.390 e. The Morgan fingerprint density at radius 1 is 1.29 bits per heavy atom. The van der Waals surface area contributed by atoms with E-state index in [0.717, 1.165) is 0 Å². The maximum Gasteiger partial charge on any atom is 0.108 e. The van der Waals surface area contributed by atoms with Gasteiger partial charge < -0.3 is 5.11 Å². The van der Waals surface area contributed by atoms with Gasteiger partial charge in [0.1, 0.15) is 5.69 Å². The summed E-state index contributed by atoms with van der Waals surface area (Å²) in [4.78, 5) is 0. The van der Waals surface area contributed by atoms with Gasteiger partial charge in [0.25, 0.3) is 0 Å². The van der Waals surface area contributed by atoms with Gasteiger partial charge in [0.15, 0.2) is 0 Å². The number of thiophene rings is 1. The molecule has 0 aliphatic carbocycles. The Labute approximate surface area is 102 Å². The average Bonchev–Trinajstić information content (AvgIpc) is 2.97. The van der Waals surface area contributed by atoms with Crippen molar-refractivity contribution >= 4 is 21.4 Å². The van der Waals surface area contributed by atoms with E-state index in [1.165, 1.54) is 15.6 Å². The monoisotopic (exact) mass is 245 g/mol. The SMILES string of the molecule is OCc1cn(Cc2csc3ccccc23)nn1. The van der Waals surface area contributed by atoms with Gasteiger partial charge in [0.2, 0.25) is 0 Å². The number of benzene rings is 1. The van der Waals surface area contributed by atoms with Crippen LogP contribution in [-0.4, -0.2) is 20.1 Å². The van der Waals surface area contributed by atoms with E-state index >= 15 is 0 Å². The summed E-state index contributed by atoms with van der Waals surface area (Å²) in [5.41, 5.74) is 1.84. The van der Waals surface area contributed by atoms with Crippen LogP contribution in [0.2, 0.25) is 0 Å². The van der Waals surface area contributed by atoms with Crippen LogP contribution in [0.1, 0.15) is 11.3 Å². The smallest absolute Gasteiger partial charge is 0.108 e. The maximum atomic E-state index is 8.94. The van der Waals surface area contributed by atoms with Crippen LogP contribution in [0.15, 0.2) is 35.8 Å². The Kier molecular flexibility index (Phi) is 2.62. The molecule has 0 unspecified atom stereocenters. The van der Waals surface area contributed by atoms with Gasteiger partial charge in [0.05, 0.1) is 19.3 Å². The lowest BCUT2D eigenvalue weighted by molar-refractivity contribution is 0.276. The normalized spacial score (nSPS) is 11.1. The number of aliphatic hydroxyl groups excluding tert-OH is 1. The minimum atomic E-state index is -0.0651. The first-order valence-electron chi connectivity index (χ1n) is 5.32. The predicted molar refractivity (Wildman–Crippen MR) is 66.9 cm³/mol. The molecule has 0 aliphatic heterocycles. The van der Waals surface area contributed by atoms with Crippen molar-refractivity contribution in [1.82, 2.24) is 15.0 Å². The summed E-state index contributed by atoms with van der Waals surface area (Å²) in [5.74, 6) is 0. The predicted octanol–water partition coefficient (Wildman–Crippen LogP) is 2.03. The van der Waals surface area contributed by atoms with Gasteiger partial charge in [-0.25, -0.2) is 4.68 Å². The van der Waals surface area contributed by atoms with Crippen LogP contribution in [0.3, 0.4) is 0 Å².